The number of rotatable bonds is 2. The number of hydrogen-bond donors (Lipinski definition) is 1. The second-order valence-corrected chi connectivity index (χ2v) is 4.30. The molecule has 0 saturated carbocycles. The van der Waals surface area contributed by atoms with Gasteiger partial charge in [0.05, 0.1) is 19.3 Å². The van der Waals surface area contributed by atoms with E-state index in [4.69, 9.17) is 14.9 Å². The monoisotopic (exact) mass is 224 g/mol. The Morgan fingerprint density at radius 3 is 3.06 bits per heavy atom. The van der Waals surface area contributed by atoms with Crippen LogP contribution in [-0.2, 0) is 9.53 Å². The maximum absolute atomic E-state index is 11.8. The second-order valence-electron chi connectivity index (χ2n) is 4.30. The Morgan fingerprint density at radius 2 is 2.50 bits per heavy atom. The van der Waals surface area contributed by atoms with Crippen molar-refractivity contribution in [2.75, 3.05) is 27.2 Å². The van der Waals surface area contributed by atoms with Crippen LogP contribution in [0.2, 0.25) is 0 Å². The van der Waals surface area contributed by atoms with Crippen LogP contribution in [0.15, 0.2) is 22.8 Å². The van der Waals surface area contributed by atoms with E-state index in [1.807, 2.05) is 18.0 Å². The number of nitrogens with zero attached hydrogens (tertiary/aromatic N) is 1. The smallest absolute Gasteiger partial charge is 0.327 e. The second kappa shape index (κ2) is 3.92. The van der Waals surface area contributed by atoms with Gasteiger partial charge in [-0.15, -0.1) is 0 Å². The maximum atomic E-state index is 11.8. The number of hydrogen-bond acceptors (Lipinski definition) is 5. The Hall–Kier alpha value is -1.33. The molecule has 5 nitrogen and oxygen atoms in total. The van der Waals surface area contributed by atoms with Crippen molar-refractivity contribution in [1.82, 2.24) is 4.90 Å². The van der Waals surface area contributed by atoms with E-state index in [1.54, 1.807) is 12.3 Å². The van der Waals surface area contributed by atoms with Gasteiger partial charge in [0.1, 0.15) is 11.3 Å². The van der Waals surface area contributed by atoms with Gasteiger partial charge in [-0.3, -0.25) is 0 Å². The molecule has 0 radical (unpaired) electrons. The average molecular weight is 224 g/mol. The minimum Gasteiger partial charge on any atom is -0.469 e. The van der Waals surface area contributed by atoms with Crippen LogP contribution >= 0.6 is 0 Å². The molecule has 0 aliphatic carbocycles. The van der Waals surface area contributed by atoms with E-state index >= 15 is 0 Å². The molecule has 2 atom stereocenters. The predicted octanol–water partition coefficient (Wildman–Crippen LogP) is 0.179. The van der Waals surface area contributed by atoms with Crippen molar-refractivity contribution in [2.45, 2.75) is 11.5 Å². The van der Waals surface area contributed by atoms with Gasteiger partial charge in [0.15, 0.2) is 0 Å². The Balaban J connectivity index is 2.33. The molecule has 1 aliphatic rings. The first-order valence-electron chi connectivity index (χ1n) is 5.17. The molecule has 0 spiro atoms. The third-order valence-corrected chi connectivity index (χ3v) is 3.10. The molecule has 1 aromatic heterocycles. The highest BCUT2D eigenvalue weighted by molar-refractivity contribution is 5.83. The predicted molar refractivity (Wildman–Crippen MR) is 57.9 cm³/mol. The highest BCUT2D eigenvalue weighted by atomic mass is 16.5. The van der Waals surface area contributed by atoms with E-state index in [1.165, 1.54) is 7.11 Å². The van der Waals surface area contributed by atoms with Gasteiger partial charge in [0.2, 0.25) is 0 Å². The fourth-order valence-electron chi connectivity index (χ4n) is 2.33. The van der Waals surface area contributed by atoms with Gasteiger partial charge in [-0.05, 0) is 19.2 Å². The van der Waals surface area contributed by atoms with E-state index in [9.17, 15) is 4.79 Å². The summed E-state index contributed by atoms with van der Waals surface area (Å²) in [6.45, 7) is 1.17. The molecule has 0 unspecified atom stereocenters. The molecule has 1 aromatic rings. The van der Waals surface area contributed by atoms with E-state index in [2.05, 4.69) is 0 Å². The number of methoxy groups -OCH3 is 1. The van der Waals surface area contributed by atoms with Crippen molar-refractivity contribution >= 4 is 5.97 Å². The van der Waals surface area contributed by atoms with Gasteiger partial charge in [0, 0.05) is 13.1 Å². The third kappa shape index (κ3) is 1.62. The standard InChI is InChI=1S/C11H16N2O3/c1-13-6-8(9-4-3-5-16-9)11(12,7-13)10(14)15-2/h3-5,8H,6-7,12H2,1-2H3/t8-,11-/m0/s1. The number of carbonyl (C=O) groups excluding carboxylic acids is 1. The lowest BCUT2D eigenvalue weighted by atomic mass is 9.86. The average Bonchev–Trinajstić information content (AvgIpc) is 2.85. The zero-order valence-corrected chi connectivity index (χ0v) is 9.47. The zero-order valence-electron chi connectivity index (χ0n) is 9.47. The lowest BCUT2D eigenvalue weighted by molar-refractivity contribution is -0.147. The first-order valence-corrected chi connectivity index (χ1v) is 5.17. The molecule has 1 saturated heterocycles. The maximum Gasteiger partial charge on any atom is 0.327 e. The molecule has 0 aromatic carbocycles. The lowest BCUT2D eigenvalue weighted by Crippen LogP contribution is -2.54. The topological polar surface area (TPSA) is 68.7 Å². The molecule has 2 rings (SSSR count). The van der Waals surface area contributed by atoms with Gasteiger partial charge in [-0.2, -0.15) is 0 Å². The minimum absolute atomic E-state index is 0.153. The summed E-state index contributed by atoms with van der Waals surface area (Å²) in [7, 11) is 3.28. The van der Waals surface area contributed by atoms with E-state index in [-0.39, 0.29) is 5.92 Å². The molecule has 1 fully saturated rings. The normalized spacial score (nSPS) is 30.6. The molecule has 2 N–H and O–H groups in total. The van der Waals surface area contributed by atoms with Crippen LogP contribution in [0.5, 0.6) is 0 Å². The van der Waals surface area contributed by atoms with Crippen LogP contribution in [-0.4, -0.2) is 43.7 Å². The molecule has 5 heteroatoms. The van der Waals surface area contributed by atoms with Crippen LogP contribution in [0.25, 0.3) is 0 Å². The van der Waals surface area contributed by atoms with Gasteiger partial charge >= 0.3 is 5.97 Å². The number of carbonyl (C=O) groups is 1. The number of likely N-dealkylation sites (tertiary alicyclic amines) is 1. The number of likely N-dealkylation sites (N-methyl/N-ethyl adjacent to an activating group) is 1. The van der Waals surface area contributed by atoms with Gasteiger partial charge in [-0.25, -0.2) is 4.79 Å². The molecule has 16 heavy (non-hydrogen) atoms. The Morgan fingerprint density at radius 1 is 1.75 bits per heavy atom. The van der Waals surface area contributed by atoms with Crippen molar-refractivity contribution in [3.63, 3.8) is 0 Å². The third-order valence-electron chi connectivity index (χ3n) is 3.10. The number of esters is 1. The fourth-order valence-corrected chi connectivity index (χ4v) is 2.33. The molecular formula is C11H16N2O3. The first-order chi connectivity index (χ1) is 7.58. The van der Waals surface area contributed by atoms with Crippen molar-refractivity contribution in [3.05, 3.63) is 24.2 Å². The zero-order chi connectivity index (χ0) is 11.8. The molecule has 0 bridgehead atoms. The quantitative estimate of drug-likeness (QED) is 0.726. The summed E-state index contributed by atoms with van der Waals surface area (Å²) in [4.78, 5) is 13.8. The highest BCUT2D eigenvalue weighted by Gasteiger charge is 2.51. The highest BCUT2D eigenvalue weighted by Crippen LogP contribution is 2.34. The summed E-state index contributed by atoms with van der Waals surface area (Å²) in [6, 6.07) is 3.64. The Kier molecular flexibility index (Phi) is 2.73. The van der Waals surface area contributed by atoms with E-state index < -0.39 is 11.5 Å². The van der Waals surface area contributed by atoms with Crippen molar-refractivity contribution in [2.24, 2.45) is 5.73 Å². The largest absolute Gasteiger partial charge is 0.469 e. The Labute approximate surface area is 94.1 Å². The van der Waals surface area contributed by atoms with Crippen molar-refractivity contribution < 1.29 is 13.9 Å². The van der Waals surface area contributed by atoms with E-state index in [0.717, 1.165) is 5.76 Å². The molecule has 2 heterocycles. The summed E-state index contributed by atoms with van der Waals surface area (Å²) >= 11 is 0. The summed E-state index contributed by atoms with van der Waals surface area (Å²) in [5.74, 6) is 0.190. The van der Waals surface area contributed by atoms with Gasteiger partial charge in [-0.1, -0.05) is 0 Å². The molecule has 88 valence electrons. The van der Waals surface area contributed by atoms with Crippen LogP contribution < -0.4 is 5.73 Å². The van der Waals surface area contributed by atoms with E-state index in [0.29, 0.717) is 13.1 Å². The SMILES string of the molecule is COC(=O)[C@]1(N)CN(C)C[C@H]1c1ccco1. The summed E-state index contributed by atoms with van der Waals surface area (Å²) < 4.78 is 10.1. The van der Waals surface area contributed by atoms with Crippen molar-refractivity contribution in [3.8, 4) is 0 Å². The minimum atomic E-state index is -1.01. The first kappa shape index (κ1) is 11.2. The summed E-state index contributed by atoms with van der Waals surface area (Å²) in [6.07, 6.45) is 1.59. The van der Waals surface area contributed by atoms with Crippen LogP contribution in [0.4, 0.5) is 0 Å². The molecule has 1 aliphatic heterocycles. The van der Waals surface area contributed by atoms with Crippen LogP contribution in [0, 0.1) is 0 Å². The number of ether oxygens (including phenoxy) is 1. The van der Waals surface area contributed by atoms with Crippen LogP contribution in [0.3, 0.4) is 0 Å². The molecular weight excluding hydrogens is 208 g/mol. The number of nitrogens with two attached hydrogens (primary N) is 1. The van der Waals surface area contributed by atoms with Gasteiger partial charge < -0.3 is 19.8 Å². The van der Waals surface area contributed by atoms with Crippen molar-refractivity contribution in [1.29, 1.82) is 0 Å². The molecule has 0 amide bonds. The van der Waals surface area contributed by atoms with Gasteiger partial charge in [0.25, 0.3) is 0 Å². The fraction of sp³-hybridized carbons (Fsp3) is 0.545. The Bertz CT molecular complexity index is 377. The summed E-state index contributed by atoms with van der Waals surface area (Å²) in [5, 5.41) is 0. The lowest BCUT2D eigenvalue weighted by Gasteiger charge is -2.25. The summed E-state index contributed by atoms with van der Waals surface area (Å²) in [5.41, 5.74) is 5.15. The van der Waals surface area contributed by atoms with Crippen LogP contribution in [0.1, 0.15) is 11.7 Å². The number of furan rings is 1.